The van der Waals surface area contributed by atoms with Gasteiger partial charge in [0.15, 0.2) is 0 Å². The van der Waals surface area contributed by atoms with Crippen LogP contribution in [0.1, 0.15) is 20.8 Å². The zero-order valence-electron chi connectivity index (χ0n) is 12.3. The summed E-state index contributed by atoms with van der Waals surface area (Å²) < 4.78 is 31.6. The van der Waals surface area contributed by atoms with Gasteiger partial charge in [0.2, 0.25) is 10.0 Å². The van der Waals surface area contributed by atoms with Crippen LogP contribution in [0.15, 0.2) is 24.3 Å². The molecule has 5 nitrogen and oxygen atoms in total. The summed E-state index contributed by atoms with van der Waals surface area (Å²) in [5.41, 5.74) is 6.21. The molecule has 1 aromatic carbocycles. The van der Waals surface area contributed by atoms with Gasteiger partial charge in [0.1, 0.15) is 12.4 Å². The molecule has 0 fully saturated rings. The Morgan fingerprint density at radius 3 is 2.60 bits per heavy atom. The van der Waals surface area contributed by atoms with Gasteiger partial charge in [-0.15, -0.1) is 0 Å². The van der Waals surface area contributed by atoms with Gasteiger partial charge in [0, 0.05) is 18.3 Å². The largest absolute Gasteiger partial charge is 0.492 e. The van der Waals surface area contributed by atoms with E-state index in [4.69, 9.17) is 10.5 Å². The summed E-state index contributed by atoms with van der Waals surface area (Å²) in [6, 6.07) is 6.93. The minimum Gasteiger partial charge on any atom is -0.492 e. The second-order valence-corrected chi connectivity index (χ2v) is 7.24. The van der Waals surface area contributed by atoms with E-state index in [0.717, 1.165) is 0 Å². The first-order chi connectivity index (χ1) is 9.30. The molecule has 0 aromatic heterocycles. The summed E-state index contributed by atoms with van der Waals surface area (Å²) in [5.74, 6) is 1.27. The monoisotopic (exact) mass is 300 g/mol. The number of nitrogens with two attached hydrogens (primary N) is 1. The van der Waals surface area contributed by atoms with Crippen LogP contribution in [0.2, 0.25) is 0 Å². The van der Waals surface area contributed by atoms with Gasteiger partial charge < -0.3 is 10.5 Å². The van der Waals surface area contributed by atoms with E-state index in [9.17, 15) is 8.42 Å². The zero-order chi connectivity index (χ0) is 15.2. The molecule has 114 valence electrons. The average molecular weight is 300 g/mol. The van der Waals surface area contributed by atoms with Crippen molar-refractivity contribution in [2.45, 2.75) is 20.8 Å². The van der Waals surface area contributed by atoms with Crippen LogP contribution in [-0.2, 0) is 10.0 Å². The fourth-order valence-corrected chi connectivity index (χ4v) is 2.40. The minimum atomic E-state index is -3.30. The second-order valence-electron chi connectivity index (χ2n) is 5.31. The smallest absolute Gasteiger partial charge is 0.214 e. The lowest BCUT2D eigenvalue weighted by molar-refractivity contribution is 0.340. The Labute approximate surface area is 121 Å². The second kappa shape index (κ2) is 7.50. The molecule has 1 atom stereocenters. The summed E-state index contributed by atoms with van der Waals surface area (Å²) in [7, 11) is -3.30. The van der Waals surface area contributed by atoms with Crippen molar-refractivity contribution in [1.29, 1.82) is 0 Å². The number of nitrogens with one attached hydrogen (secondary N) is 1. The van der Waals surface area contributed by atoms with Crippen molar-refractivity contribution in [3.63, 3.8) is 0 Å². The van der Waals surface area contributed by atoms with E-state index in [1.165, 1.54) is 0 Å². The van der Waals surface area contributed by atoms with E-state index in [-0.39, 0.29) is 12.4 Å². The van der Waals surface area contributed by atoms with E-state index >= 15 is 0 Å². The highest BCUT2D eigenvalue weighted by Gasteiger charge is 2.14. The number of hydrogen-bond donors (Lipinski definition) is 2. The van der Waals surface area contributed by atoms with Crippen LogP contribution < -0.4 is 15.2 Å². The molecule has 1 unspecified atom stereocenters. The lowest BCUT2D eigenvalue weighted by atomic mass is 9.99. The van der Waals surface area contributed by atoms with Gasteiger partial charge in [-0.3, -0.25) is 0 Å². The first kappa shape index (κ1) is 16.8. The van der Waals surface area contributed by atoms with Crippen LogP contribution in [0.5, 0.6) is 5.75 Å². The predicted octanol–water partition coefficient (Wildman–Crippen LogP) is 1.86. The Hall–Kier alpha value is -1.27. The van der Waals surface area contributed by atoms with E-state index in [0.29, 0.717) is 29.8 Å². The molecule has 0 spiro atoms. The van der Waals surface area contributed by atoms with E-state index < -0.39 is 10.0 Å². The van der Waals surface area contributed by atoms with Crippen molar-refractivity contribution in [3.05, 3.63) is 24.3 Å². The van der Waals surface area contributed by atoms with Crippen molar-refractivity contribution >= 4 is 15.7 Å². The fraction of sp³-hybridized carbons (Fsp3) is 0.571. The van der Waals surface area contributed by atoms with Gasteiger partial charge in [-0.05, 0) is 24.0 Å². The lowest BCUT2D eigenvalue weighted by Gasteiger charge is -2.16. The minimum absolute atomic E-state index is 0.0629. The molecular formula is C14H24N2O3S. The van der Waals surface area contributed by atoms with Crippen LogP contribution >= 0.6 is 0 Å². The Bertz CT molecular complexity index is 515. The number of hydrogen-bond acceptors (Lipinski definition) is 4. The van der Waals surface area contributed by atoms with E-state index in [1.54, 1.807) is 24.3 Å². The van der Waals surface area contributed by atoms with Crippen LogP contribution in [-0.4, -0.2) is 27.3 Å². The molecular weight excluding hydrogens is 276 g/mol. The molecule has 6 heteroatoms. The third-order valence-corrected chi connectivity index (χ3v) is 4.55. The molecule has 0 saturated heterocycles. The molecule has 0 saturated carbocycles. The van der Waals surface area contributed by atoms with Crippen molar-refractivity contribution in [1.82, 2.24) is 4.72 Å². The molecule has 0 radical (unpaired) electrons. The number of anilines is 1. The van der Waals surface area contributed by atoms with Gasteiger partial charge in [-0.1, -0.05) is 26.8 Å². The normalized spacial score (nSPS) is 13.4. The van der Waals surface area contributed by atoms with E-state index in [2.05, 4.69) is 18.6 Å². The van der Waals surface area contributed by atoms with Crippen LogP contribution in [0, 0.1) is 11.8 Å². The standard InChI is InChI=1S/C14H24N2O3S/c1-11(2)12(3)10-16-20(17,18)8-7-19-14-6-4-5-13(15)9-14/h4-6,9,11-12,16H,7-8,10,15H2,1-3H3. The molecule has 0 aliphatic heterocycles. The number of nitrogen functional groups attached to an aromatic ring is 1. The highest BCUT2D eigenvalue weighted by atomic mass is 32.2. The maximum absolute atomic E-state index is 11.8. The van der Waals surface area contributed by atoms with Crippen LogP contribution in [0.4, 0.5) is 5.69 Å². The number of sulfonamides is 1. The Balaban J connectivity index is 2.36. The zero-order valence-corrected chi connectivity index (χ0v) is 13.1. The third-order valence-electron chi connectivity index (χ3n) is 3.24. The molecule has 0 heterocycles. The molecule has 1 aromatic rings. The van der Waals surface area contributed by atoms with E-state index in [1.807, 2.05) is 6.92 Å². The van der Waals surface area contributed by atoms with Crippen LogP contribution in [0.3, 0.4) is 0 Å². The van der Waals surface area contributed by atoms with Gasteiger partial charge in [0.25, 0.3) is 0 Å². The fourth-order valence-electron chi connectivity index (χ4n) is 1.44. The highest BCUT2D eigenvalue weighted by Crippen LogP contribution is 2.14. The first-order valence-corrected chi connectivity index (χ1v) is 8.41. The average Bonchev–Trinajstić information content (AvgIpc) is 2.36. The van der Waals surface area contributed by atoms with Gasteiger partial charge in [-0.2, -0.15) is 0 Å². The molecule has 1 rings (SSSR count). The summed E-state index contributed by atoms with van der Waals surface area (Å²) in [6.45, 7) is 6.73. The first-order valence-electron chi connectivity index (χ1n) is 6.76. The summed E-state index contributed by atoms with van der Waals surface area (Å²) in [6.07, 6.45) is 0. The van der Waals surface area contributed by atoms with Crippen molar-refractivity contribution in [2.24, 2.45) is 11.8 Å². The van der Waals surface area contributed by atoms with Crippen molar-refractivity contribution < 1.29 is 13.2 Å². The third kappa shape index (κ3) is 6.25. The lowest BCUT2D eigenvalue weighted by Crippen LogP contribution is -2.33. The number of ether oxygens (including phenoxy) is 1. The van der Waals surface area contributed by atoms with Gasteiger partial charge >= 0.3 is 0 Å². The maximum atomic E-state index is 11.8. The highest BCUT2D eigenvalue weighted by molar-refractivity contribution is 7.89. The van der Waals surface area contributed by atoms with Gasteiger partial charge in [0.05, 0.1) is 5.75 Å². The summed E-state index contributed by atoms with van der Waals surface area (Å²) >= 11 is 0. The maximum Gasteiger partial charge on any atom is 0.214 e. The number of benzene rings is 1. The molecule has 3 N–H and O–H groups in total. The quantitative estimate of drug-likeness (QED) is 0.718. The number of rotatable bonds is 8. The molecule has 0 aliphatic carbocycles. The molecule has 0 bridgehead atoms. The topological polar surface area (TPSA) is 81.4 Å². The Kier molecular flexibility index (Phi) is 6.29. The van der Waals surface area contributed by atoms with Crippen molar-refractivity contribution in [2.75, 3.05) is 24.6 Å². The SMILES string of the molecule is CC(C)C(C)CNS(=O)(=O)CCOc1cccc(N)c1. The summed E-state index contributed by atoms with van der Waals surface area (Å²) in [4.78, 5) is 0. The van der Waals surface area contributed by atoms with Crippen molar-refractivity contribution in [3.8, 4) is 5.75 Å². The Morgan fingerprint density at radius 2 is 2.00 bits per heavy atom. The summed E-state index contributed by atoms with van der Waals surface area (Å²) in [5, 5.41) is 0. The van der Waals surface area contributed by atoms with Gasteiger partial charge in [-0.25, -0.2) is 13.1 Å². The van der Waals surface area contributed by atoms with Crippen LogP contribution in [0.25, 0.3) is 0 Å². The molecule has 20 heavy (non-hydrogen) atoms. The predicted molar refractivity (Wildman–Crippen MR) is 82.1 cm³/mol. The Morgan fingerprint density at radius 1 is 1.30 bits per heavy atom. The molecule has 0 aliphatic rings. The molecule has 0 amide bonds.